The van der Waals surface area contributed by atoms with Crippen molar-refractivity contribution in [1.82, 2.24) is 4.90 Å². The van der Waals surface area contributed by atoms with Gasteiger partial charge >= 0.3 is 6.09 Å². The van der Waals surface area contributed by atoms with Crippen LogP contribution in [0, 0.1) is 0 Å². The standard InChI is InChI=1S/C20H19BrN2O4/c1-26-16-7-8-18(17(21)11-16)22-19(24)15-9-10-23(12-15)20(25)27-13-14-5-3-2-4-6-14/h2-9,11H,10,12-13H2,1H3,(H,22,24). The van der Waals surface area contributed by atoms with E-state index in [0.29, 0.717) is 28.0 Å². The molecule has 1 N–H and O–H groups in total. The highest BCUT2D eigenvalue weighted by molar-refractivity contribution is 9.10. The van der Waals surface area contributed by atoms with E-state index in [9.17, 15) is 9.59 Å². The zero-order valence-corrected chi connectivity index (χ0v) is 16.4. The third-order valence-electron chi connectivity index (χ3n) is 4.10. The molecule has 0 spiro atoms. The summed E-state index contributed by atoms with van der Waals surface area (Å²) < 4.78 is 11.2. The number of nitrogens with one attached hydrogen (secondary N) is 1. The molecule has 1 heterocycles. The topological polar surface area (TPSA) is 67.9 Å². The lowest BCUT2D eigenvalue weighted by Gasteiger charge is -2.16. The van der Waals surface area contributed by atoms with Crippen LogP contribution < -0.4 is 10.1 Å². The zero-order valence-electron chi connectivity index (χ0n) is 14.8. The largest absolute Gasteiger partial charge is 0.497 e. The first-order valence-corrected chi connectivity index (χ1v) is 9.15. The Morgan fingerprint density at radius 2 is 1.96 bits per heavy atom. The lowest BCUT2D eigenvalue weighted by molar-refractivity contribution is -0.112. The van der Waals surface area contributed by atoms with E-state index in [4.69, 9.17) is 9.47 Å². The Morgan fingerprint density at radius 1 is 1.19 bits per heavy atom. The van der Waals surface area contributed by atoms with E-state index in [1.807, 2.05) is 30.3 Å². The molecule has 2 aromatic carbocycles. The summed E-state index contributed by atoms with van der Waals surface area (Å²) in [6.45, 7) is 0.768. The predicted octanol–water partition coefficient (Wildman–Crippen LogP) is 3.98. The number of amides is 2. The summed E-state index contributed by atoms with van der Waals surface area (Å²) in [5.41, 5.74) is 2.07. The third-order valence-corrected chi connectivity index (χ3v) is 4.75. The van der Waals surface area contributed by atoms with Gasteiger partial charge in [-0.05, 0) is 39.7 Å². The molecule has 1 aliphatic heterocycles. The monoisotopic (exact) mass is 430 g/mol. The van der Waals surface area contributed by atoms with E-state index in [0.717, 1.165) is 5.56 Å². The van der Waals surface area contributed by atoms with Crippen molar-refractivity contribution in [2.24, 2.45) is 0 Å². The lowest BCUT2D eigenvalue weighted by Crippen LogP contribution is -2.31. The average Bonchev–Trinajstić information content (AvgIpc) is 3.19. The number of benzene rings is 2. The first kappa shape index (κ1) is 19.0. The number of carbonyl (C=O) groups excluding carboxylic acids is 2. The van der Waals surface area contributed by atoms with E-state index in [1.54, 1.807) is 31.4 Å². The van der Waals surface area contributed by atoms with E-state index < -0.39 is 6.09 Å². The van der Waals surface area contributed by atoms with Crippen LogP contribution in [0.3, 0.4) is 0 Å². The number of carbonyl (C=O) groups is 2. The number of rotatable bonds is 5. The van der Waals surface area contributed by atoms with Gasteiger partial charge in [-0.1, -0.05) is 36.4 Å². The highest BCUT2D eigenvalue weighted by Crippen LogP contribution is 2.27. The van der Waals surface area contributed by atoms with Crippen molar-refractivity contribution in [2.45, 2.75) is 6.61 Å². The molecule has 2 aromatic rings. The number of methoxy groups -OCH3 is 1. The van der Waals surface area contributed by atoms with Gasteiger partial charge < -0.3 is 14.8 Å². The Balaban J connectivity index is 1.52. The van der Waals surface area contributed by atoms with Crippen LogP contribution in [0.2, 0.25) is 0 Å². The van der Waals surface area contributed by atoms with Gasteiger partial charge in [0, 0.05) is 16.6 Å². The van der Waals surface area contributed by atoms with Crippen molar-refractivity contribution < 1.29 is 19.1 Å². The molecule has 2 amide bonds. The second kappa shape index (κ2) is 8.73. The van der Waals surface area contributed by atoms with Crippen molar-refractivity contribution in [2.75, 3.05) is 25.5 Å². The van der Waals surface area contributed by atoms with Crippen molar-refractivity contribution >= 4 is 33.6 Å². The molecule has 0 aromatic heterocycles. The predicted molar refractivity (Wildman–Crippen MR) is 106 cm³/mol. The number of halogens is 1. The number of nitrogens with zero attached hydrogens (tertiary/aromatic N) is 1. The molecule has 0 aliphatic carbocycles. The van der Waals surface area contributed by atoms with Crippen LogP contribution >= 0.6 is 15.9 Å². The molecule has 3 rings (SSSR count). The number of hydrogen-bond acceptors (Lipinski definition) is 4. The summed E-state index contributed by atoms with van der Waals surface area (Å²) in [6, 6.07) is 14.7. The maximum Gasteiger partial charge on any atom is 0.410 e. The van der Waals surface area contributed by atoms with Crippen molar-refractivity contribution in [3.63, 3.8) is 0 Å². The molecule has 0 unspecified atom stereocenters. The Labute approximate surface area is 165 Å². The van der Waals surface area contributed by atoms with E-state index in [2.05, 4.69) is 21.2 Å². The normalized spacial score (nSPS) is 13.1. The number of ether oxygens (including phenoxy) is 2. The average molecular weight is 431 g/mol. The van der Waals surface area contributed by atoms with Gasteiger partial charge in [-0.2, -0.15) is 0 Å². The minimum atomic E-state index is -0.441. The molecule has 7 heteroatoms. The maximum absolute atomic E-state index is 12.5. The fraction of sp³-hybridized carbons (Fsp3) is 0.200. The van der Waals surface area contributed by atoms with Gasteiger partial charge in [-0.3, -0.25) is 9.69 Å². The van der Waals surface area contributed by atoms with Gasteiger partial charge in [0.2, 0.25) is 0 Å². The molecule has 0 saturated heterocycles. The fourth-order valence-electron chi connectivity index (χ4n) is 2.60. The van der Waals surface area contributed by atoms with Crippen LogP contribution in [0.15, 0.2) is 64.7 Å². The van der Waals surface area contributed by atoms with Gasteiger partial charge in [0.1, 0.15) is 12.4 Å². The van der Waals surface area contributed by atoms with Crippen LogP contribution in [-0.2, 0) is 16.1 Å². The zero-order chi connectivity index (χ0) is 19.2. The number of anilines is 1. The van der Waals surface area contributed by atoms with Crippen LogP contribution in [-0.4, -0.2) is 37.1 Å². The Bertz CT molecular complexity index is 868. The van der Waals surface area contributed by atoms with Gasteiger partial charge in [0.25, 0.3) is 5.91 Å². The molecule has 0 saturated carbocycles. The molecule has 0 fully saturated rings. The minimum absolute atomic E-state index is 0.205. The Morgan fingerprint density at radius 3 is 2.67 bits per heavy atom. The molecular weight excluding hydrogens is 412 g/mol. The molecule has 0 radical (unpaired) electrons. The van der Waals surface area contributed by atoms with Crippen LogP contribution in [0.4, 0.5) is 10.5 Å². The van der Waals surface area contributed by atoms with E-state index in [-0.39, 0.29) is 19.1 Å². The molecule has 1 aliphatic rings. The molecule has 6 nitrogen and oxygen atoms in total. The summed E-state index contributed by atoms with van der Waals surface area (Å²) in [6.07, 6.45) is 1.29. The molecule has 0 atom stereocenters. The summed E-state index contributed by atoms with van der Waals surface area (Å²) in [4.78, 5) is 26.1. The van der Waals surface area contributed by atoms with Crippen molar-refractivity contribution in [1.29, 1.82) is 0 Å². The quantitative estimate of drug-likeness (QED) is 0.778. The summed E-state index contributed by atoms with van der Waals surface area (Å²) >= 11 is 3.40. The number of hydrogen-bond donors (Lipinski definition) is 1. The van der Waals surface area contributed by atoms with Gasteiger partial charge in [0.05, 0.1) is 19.3 Å². The third kappa shape index (κ3) is 4.89. The first-order valence-electron chi connectivity index (χ1n) is 8.36. The highest BCUT2D eigenvalue weighted by Gasteiger charge is 2.25. The smallest absolute Gasteiger partial charge is 0.410 e. The maximum atomic E-state index is 12.5. The van der Waals surface area contributed by atoms with Gasteiger partial charge in [0.15, 0.2) is 0 Å². The SMILES string of the molecule is COc1ccc(NC(=O)C2=CCN(C(=O)OCc3ccccc3)C2)c(Br)c1. The molecule has 140 valence electrons. The summed E-state index contributed by atoms with van der Waals surface area (Å²) in [5, 5.41) is 2.83. The molecule has 27 heavy (non-hydrogen) atoms. The minimum Gasteiger partial charge on any atom is -0.497 e. The van der Waals surface area contributed by atoms with Crippen molar-refractivity contribution in [3.8, 4) is 5.75 Å². The van der Waals surface area contributed by atoms with Gasteiger partial charge in [-0.15, -0.1) is 0 Å². The Kier molecular flexibility index (Phi) is 6.13. The van der Waals surface area contributed by atoms with E-state index in [1.165, 1.54) is 4.90 Å². The summed E-state index contributed by atoms with van der Waals surface area (Å²) in [5.74, 6) is 0.437. The molecule has 0 bridgehead atoms. The highest BCUT2D eigenvalue weighted by atomic mass is 79.9. The van der Waals surface area contributed by atoms with E-state index >= 15 is 0 Å². The van der Waals surface area contributed by atoms with Crippen LogP contribution in [0.25, 0.3) is 0 Å². The summed E-state index contributed by atoms with van der Waals surface area (Å²) in [7, 11) is 1.58. The second-order valence-electron chi connectivity index (χ2n) is 5.95. The van der Waals surface area contributed by atoms with Crippen molar-refractivity contribution in [3.05, 3.63) is 70.2 Å². The van der Waals surface area contributed by atoms with Gasteiger partial charge in [-0.25, -0.2) is 4.79 Å². The Hall–Kier alpha value is -2.80. The second-order valence-corrected chi connectivity index (χ2v) is 6.80. The lowest BCUT2D eigenvalue weighted by atomic mass is 10.2. The first-order chi connectivity index (χ1) is 13.1. The van der Waals surface area contributed by atoms with Crippen LogP contribution in [0.1, 0.15) is 5.56 Å². The van der Waals surface area contributed by atoms with Crippen LogP contribution in [0.5, 0.6) is 5.75 Å². The molecular formula is C20H19BrN2O4. The fourth-order valence-corrected chi connectivity index (χ4v) is 3.05.